The lowest BCUT2D eigenvalue weighted by Gasteiger charge is -2.29. The monoisotopic (exact) mass is 520 g/mol. The van der Waals surface area contributed by atoms with Crippen molar-refractivity contribution >= 4 is 41.5 Å². The van der Waals surface area contributed by atoms with Gasteiger partial charge in [-0.25, -0.2) is 4.39 Å². The van der Waals surface area contributed by atoms with Crippen LogP contribution in [0.4, 0.5) is 4.39 Å². The fourth-order valence-corrected chi connectivity index (χ4v) is 3.75. The van der Waals surface area contributed by atoms with Crippen LogP contribution in [-0.2, 0) is 13.6 Å². The summed E-state index contributed by atoms with van der Waals surface area (Å²) in [6.45, 7) is 3.01. The zero-order valence-corrected chi connectivity index (χ0v) is 19.2. The topological polar surface area (TPSA) is 57.5 Å². The van der Waals surface area contributed by atoms with E-state index in [2.05, 4.69) is 25.6 Å². The molecule has 0 spiro atoms. The maximum Gasteiger partial charge on any atom is 0.191 e. The van der Waals surface area contributed by atoms with Crippen molar-refractivity contribution < 1.29 is 4.39 Å². The number of rotatable bonds is 6. The second-order valence-electron chi connectivity index (χ2n) is 6.65. The van der Waals surface area contributed by atoms with Gasteiger partial charge in [-0.1, -0.05) is 17.7 Å². The van der Waals surface area contributed by atoms with Gasteiger partial charge in [0.05, 0.1) is 18.3 Å². The van der Waals surface area contributed by atoms with Crippen LogP contribution in [0, 0.1) is 5.82 Å². The van der Waals surface area contributed by atoms with Gasteiger partial charge < -0.3 is 10.6 Å². The minimum Gasteiger partial charge on any atom is -0.354 e. The van der Waals surface area contributed by atoms with Crippen LogP contribution in [0.3, 0.4) is 0 Å². The van der Waals surface area contributed by atoms with Gasteiger partial charge in [-0.2, -0.15) is 5.10 Å². The third-order valence-corrected chi connectivity index (χ3v) is 5.29. The predicted molar refractivity (Wildman–Crippen MR) is 122 cm³/mol. The first-order valence-electron chi connectivity index (χ1n) is 9.19. The van der Waals surface area contributed by atoms with Crippen molar-refractivity contribution in [3.8, 4) is 0 Å². The third-order valence-electron chi connectivity index (χ3n) is 4.96. The number of guanidine groups is 1. The van der Waals surface area contributed by atoms with Crippen LogP contribution < -0.4 is 10.6 Å². The summed E-state index contributed by atoms with van der Waals surface area (Å²) in [7, 11) is 3.62. The quantitative estimate of drug-likeness (QED) is 0.349. The van der Waals surface area contributed by atoms with E-state index in [1.54, 1.807) is 25.4 Å². The molecule has 3 rings (SSSR count). The van der Waals surface area contributed by atoms with E-state index < -0.39 is 0 Å². The van der Waals surface area contributed by atoms with E-state index >= 15 is 0 Å². The number of nitrogens with zero attached hydrogens (tertiary/aromatic N) is 4. The highest BCUT2D eigenvalue weighted by atomic mass is 127. The Morgan fingerprint density at radius 1 is 1.29 bits per heavy atom. The van der Waals surface area contributed by atoms with E-state index in [-0.39, 0.29) is 35.8 Å². The molecule has 28 heavy (non-hydrogen) atoms. The molecule has 1 unspecified atom stereocenters. The molecule has 9 heteroatoms. The standard InChI is InChI=1S/C19H26ClFN6.HI/c1-22-19(23-12-14-8-9-25-26(14)2)24-13-17(27-10-3-4-11-27)18-15(20)6-5-7-16(18)21;/h5-9,17H,3-4,10-13H2,1-2H3,(H2,22,23,24);1H. The number of hydrogen-bond acceptors (Lipinski definition) is 3. The minimum atomic E-state index is -0.265. The van der Waals surface area contributed by atoms with Gasteiger partial charge >= 0.3 is 0 Å². The fourth-order valence-electron chi connectivity index (χ4n) is 3.46. The number of nitrogens with one attached hydrogen (secondary N) is 2. The van der Waals surface area contributed by atoms with Crippen LogP contribution in [0.1, 0.15) is 30.1 Å². The van der Waals surface area contributed by atoms with Crippen molar-refractivity contribution in [1.82, 2.24) is 25.3 Å². The van der Waals surface area contributed by atoms with E-state index in [0.717, 1.165) is 31.6 Å². The second-order valence-corrected chi connectivity index (χ2v) is 7.05. The van der Waals surface area contributed by atoms with Crippen LogP contribution in [0.5, 0.6) is 0 Å². The predicted octanol–water partition coefficient (Wildman–Crippen LogP) is 3.33. The van der Waals surface area contributed by atoms with E-state index in [0.29, 0.717) is 29.6 Å². The summed E-state index contributed by atoms with van der Waals surface area (Å²) < 4.78 is 16.4. The van der Waals surface area contributed by atoms with Gasteiger partial charge in [0.15, 0.2) is 5.96 Å². The van der Waals surface area contributed by atoms with Gasteiger partial charge in [0, 0.05) is 37.4 Å². The zero-order chi connectivity index (χ0) is 19.2. The Labute approximate surface area is 187 Å². The number of aryl methyl sites for hydroxylation is 1. The third kappa shape index (κ3) is 5.57. The molecule has 1 aliphatic heterocycles. The average molecular weight is 521 g/mol. The van der Waals surface area contributed by atoms with Gasteiger partial charge in [-0.3, -0.25) is 14.6 Å². The molecule has 1 aromatic heterocycles. The van der Waals surface area contributed by atoms with Crippen molar-refractivity contribution in [2.45, 2.75) is 25.4 Å². The van der Waals surface area contributed by atoms with Gasteiger partial charge in [-0.15, -0.1) is 24.0 Å². The SMILES string of the molecule is CN=C(NCc1ccnn1C)NCC(c1c(F)cccc1Cl)N1CCCC1.I. The Morgan fingerprint density at radius 2 is 2.04 bits per heavy atom. The molecule has 1 aliphatic rings. The lowest BCUT2D eigenvalue weighted by Crippen LogP contribution is -2.42. The fraction of sp³-hybridized carbons (Fsp3) is 0.474. The van der Waals surface area contributed by atoms with Crippen molar-refractivity contribution in [2.24, 2.45) is 12.0 Å². The number of benzene rings is 1. The maximum atomic E-state index is 14.5. The summed E-state index contributed by atoms with van der Waals surface area (Å²) in [5.74, 6) is 0.395. The van der Waals surface area contributed by atoms with Gasteiger partial charge in [0.1, 0.15) is 5.82 Å². The molecule has 154 valence electrons. The van der Waals surface area contributed by atoms with Crippen molar-refractivity contribution in [1.29, 1.82) is 0 Å². The highest BCUT2D eigenvalue weighted by molar-refractivity contribution is 14.0. The van der Waals surface area contributed by atoms with Crippen molar-refractivity contribution in [3.05, 3.63) is 52.6 Å². The smallest absolute Gasteiger partial charge is 0.191 e. The molecule has 2 heterocycles. The van der Waals surface area contributed by atoms with Crippen LogP contribution in [0.15, 0.2) is 35.5 Å². The Morgan fingerprint density at radius 3 is 2.64 bits per heavy atom. The molecule has 1 atom stereocenters. The van der Waals surface area contributed by atoms with Crippen LogP contribution in [0.25, 0.3) is 0 Å². The number of aliphatic imine (C=N–C) groups is 1. The molecule has 0 radical (unpaired) electrons. The molecular formula is C19H27ClFIN6. The van der Waals surface area contributed by atoms with Crippen molar-refractivity contribution in [3.63, 3.8) is 0 Å². The number of aromatic nitrogens is 2. The number of halogens is 3. The first-order valence-corrected chi connectivity index (χ1v) is 9.57. The van der Waals surface area contributed by atoms with E-state index in [1.807, 2.05) is 17.8 Å². The molecule has 1 fully saturated rings. The molecule has 0 bridgehead atoms. The first kappa shape index (κ1) is 22.9. The van der Waals surface area contributed by atoms with Crippen LogP contribution >= 0.6 is 35.6 Å². The molecule has 1 aromatic carbocycles. The molecular weight excluding hydrogens is 494 g/mol. The minimum absolute atomic E-state index is 0. The van der Waals surface area contributed by atoms with Gasteiger partial charge in [-0.05, 0) is 44.1 Å². The van der Waals surface area contributed by atoms with E-state index in [9.17, 15) is 4.39 Å². The van der Waals surface area contributed by atoms with E-state index in [1.165, 1.54) is 6.07 Å². The normalized spacial score (nSPS) is 15.9. The summed E-state index contributed by atoms with van der Waals surface area (Å²) in [6, 6.07) is 6.67. The Bertz CT molecular complexity index is 770. The molecule has 0 aliphatic carbocycles. The second kappa shape index (κ2) is 11.0. The molecule has 2 N–H and O–H groups in total. The van der Waals surface area contributed by atoms with Gasteiger partial charge in [0.25, 0.3) is 0 Å². The summed E-state index contributed by atoms with van der Waals surface area (Å²) >= 11 is 6.35. The number of likely N-dealkylation sites (tertiary alicyclic amines) is 1. The van der Waals surface area contributed by atoms with Crippen LogP contribution in [0.2, 0.25) is 5.02 Å². The first-order chi connectivity index (χ1) is 13.1. The maximum absolute atomic E-state index is 14.5. The van der Waals surface area contributed by atoms with Crippen LogP contribution in [-0.4, -0.2) is 47.3 Å². The summed E-state index contributed by atoms with van der Waals surface area (Å²) in [6.07, 6.45) is 4.00. The Balaban J connectivity index is 0.00000280. The number of hydrogen-bond donors (Lipinski definition) is 2. The molecule has 2 aromatic rings. The zero-order valence-electron chi connectivity index (χ0n) is 16.2. The molecule has 0 saturated carbocycles. The highest BCUT2D eigenvalue weighted by Gasteiger charge is 2.27. The molecule has 6 nitrogen and oxygen atoms in total. The largest absolute Gasteiger partial charge is 0.354 e. The molecule has 0 amide bonds. The lowest BCUT2D eigenvalue weighted by atomic mass is 10.0. The summed E-state index contributed by atoms with van der Waals surface area (Å²) in [5, 5.41) is 11.2. The lowest BCUT2D eigenvalue weighted by molar-refractivity contribution is 0.240. The summed E-state index contributed by atoms with van der Waals surface area (Å²) in [5.41, 5.74) is 1.60. The molecule has 1 saturated heterocycles. The highest BCUT2D eigenvalue weighted by Crippen LogP contribution is 2.31. The van der Waals surface area contributed by atoms with E-state index in [4.69, 9.17) is 11.6 Å². The Kier molecular flexibility index (Phi) is 8.97. The van der Waals surface area contributed by atoms with Gasteiger partial charge in [0.2, 0.25) is 0 Å². The Hall–Kier alpha value is -1.39. The summed E-state index contributed by atoms with van der Waals surface area (Å²) in [4.78, 5) is 6.56. The average Bonchev–Trinajstić information content (AvgIpc) is 3.32. The van der Waals surface area contributed by atoms with Crippen molar-refractivity contribution in [2.75, 3.05) is 26.7 Å².